The van der Waals surface area contributed by atoms with Gasteiger partial charge in [-0.15, -0.1) is 0 Å². The van der Waals surface area contributed by atoms with E-state index in [2.05, 4.69) is 10.6 Å². The zero-order valence-electron chi connectivity index (χ0n) is 11.9. The van der Waals surface area contributed by atoms with Gasteiger partial charge in [0.1, 0.15) is 0 Å². The number of aliphatic hydroxyl groups excluding tert-OH is 1. The minimum absolute atomic E-state index is 0.0754. The molecule has 4 nitrogen and oxygen atoms in total. The second-order valence-electron chi connectivity index (χ2n) is 6.06. The highest BCUT2D eigenvalue weighted by Gasteiger charge is 2.26. The van der Waals surface area contributed by atoms with Crippen molar-refractivity contribution >= 4 is 17.6 Å². The van der Waals surface area contributed by atoms with Crippen LogP contribution in [0, 0.1) is 0 Å². The van der Waals surface area contributed by atoms with Crippen molar-refractivity contribution in [2.45, 2.75) is 56.7 Å². The smallest absolute Gasteiger partial charge is 0.315 e. The van der Waals surface area contributed by atoms with E-state index in [4.69, 9.17) is 11.6 Å². The Balaban J connectivity index is 1.55. The summed E-state index contributed by atoms with van der Waals surface area (Å²) < 4.78 is 0. The molecular weight excluding hydrogens is 288 g/mol. The van der Waals surface area contributed by atoms with E-state index in [-0.39, 0.29) is 24.2 Å². The maximum atomic E-state index is 12.1. The van der Waals surface area contributed by atoms with Crippen molar-refractivity contribution in [3.63, 3.8) is 0 Å². The molecule has 1 atom stereocenters. The highest BCUT2D eigenvalue weighted by molar-refractivity contribution is 6.30. The average Bonchev–Trinajstić information content (AvgIpc) is 2.83. The van der Waals surface area contributed by atoms with Crippen molar-refractivity contribution in [1.29, 1.82) is 0 Å². The number of aliphatic hydroxyl groups is 1. The molecule has 2 amide bonds. The van der Waals surface area contributed by atoms with Crippen LogP contribution in [-0.2, 0) is 6.42 Å². The highest BCUT2D eigenvalue weighted by atomic mass is 35.5. The van der Waals surface area contributed by atoms with Crippen LogP contribution >= 0.6 is 11.6 Å². The second kappa shape index (κ2) is 6.24. The first-order valence-corrected chi connectivity index (χ1v) is 8.03. The van der Waals surface area contributed by atoms with Gasteiger partial charge in [-0.05, 0) is 61.8 Å². The number of halogens is 1. The largest absolute Gasteiger partial charge is 0.393 e. The summed E-state index contributed by atoms with van der Waals surface area (Å²) in [6.45, 7) is 0. The van der Waals surface area contributed by atoms with Gasteiger partial charge in [0.15, 0.2) is 0 Å². The fraction of sp³-hybridized carbons (Fsp3) is 0.562. The molecule has 0 aromatic heterocycles. The van der Waals surface area contributed by atoms with Crippen LogP contribution in [0.1, 0.15) is 49.3 Å². The summed E-state index contributed by atoms with van der Waals surface area (Å²) in [5, 5.41) is 16.3. The van der Waals surface area contributed by atoms with E-state index in [1.54, 1.807) is 0 Å². The number of benzene rings is 1. The molecule has 2 aliphatic rings. The molecule has 1 aromatic rings. The van der Waals surface area contributed by atoms with Gasteiger partial charge in [-0.2, -0.15) is 0 Å². The zero-order valence-corrected chi connectivity index (χ0v) is 12.7. The lowest BCUT2D eigenvalue weighted by Crippen LogP contribution is -2.45. The number of fused-ring (bicyclic) bond motifs is 1. The van der Waals surface area contributed by atoms with Crippen LogP contribution in [0.4, 0.5) is 4.79 Å². The molecule has 0 spiro atoms. The molecule has 1 fully saturated rings. The van der Waals surface area contributed by atoms with Crippen molar-refractivity contribution in [2.24, 2.45) is 0 Å². The normalized spacial score (nSPS) is 28.0. The van der Waals surface area contributed by atoms with Crippen LogP contribution in [0.2, 0.25) is 5.02 Å². The lowest BCUT2D eigenvalue weighted by molar-refractivity contribution is 0.117. The van der Waals surface area contributed by atoms with E-state index in [1.165, 1.54) is 11.1 Å². The van der Waals surface area contributed by atoms with E-state index in [1.807, 2.05) is 18.2 Å². The van der Waals surface area contributed by atoms with Crippen LogP contribution in [0.5, 0.6) is 0 Å². The van der Waals surface area contributed by atoms with Crippen molar-refractivity contribution in [3.05, 3.63) is 34.3 Å². The summed E-state index contributed by atoms with van der Waals surface area (Å²) in [4.78, 5) is 12.1. The number of hydrogen-bond donors (Lipinski definition) is 3. The number of aryl methyl sites for hydroxylation is 1. The molecule has 1 aromatic carbocycles. The third kappa shape index (κ3) is 3.50. The van der Waals surface area contributed by atoms with E-state index >= 15 is 0 Å². The van der Waals surface area contributed by atoms with Gasteiger partial charge >= 0.3 is 6.03 Å². The summed E-state index contributed by atoms with van der Waals surface area (Å²) in [7, 11) is 0. The molecule has 3 rings (SSSR count). The highest BCUT2D eigenvalue weighted by Crippen LogP contribution is 2.32. The molecule has 0 heterocycles. The molecule has 1 unspecified atom stereocenters. The van der Waals surface area contributed by atoms with Crippen LogP contribution in [0.15, 0.2) is 18.2 Å². The minimum Gasteiger partial charge on any atom is -0.393 e. The summed E-state index contributed by atoms with van der Waals surface area (Å²) in [5.41, 5.74) is 2.40. The Bertz CT molecular complexity index is 527. The molecule has 0 bridgehead atoms. The predicted molar refractivity (Wildman–Crippen MR) is 82.4 cm³/mol. The third-order valence-corrected chi connectivity index (χ3v) is 4.76. The van der Waals surface area contributed by atoms with E-state index in [0.717, 1.165) is 43.5 Å². The topological polar surface area (TPSA) is 61.4 Å². The minimum atomic E-state index is -0.197. The number of urea groups is 1. The monoisotopic (exact) mass is 308 g/mol. The number of nitrogens with one attached hydrogen (secondary N) is 2. The molecule has 0 aliphatic heterocycles. The molecule has 0 radical (unpaired) electrons. The van der Waals surface area contributed by atoms with Gasteiger partial charge in [0.25, 0.3) is 0 Å². The Morgan fingerprint density at radius 2 is 1.90 bits per heavy atom. The van der Waals surface area contributed by atoms with Crippen LogP contribution in [0.3, 0.4) is 0 Å². The Labute approximate surface area is 129 Å². The van der Waals surface area contributed by atoms with Crippen LogP contribution < -0.4 is 10.6 Å². The molecule has 114 valence electrons. The number of hydrogen-bond acceptors (Lipinski definition) is 2. The second-order valence-corrected chi connectivity index (χ2v) is 6.49. The van der Waals surface area contributed by atoms with E-state index in [9.17, 15) is 9.90 Å². The predicted octanol–water partition coefficient (Wildman–Crippen LogP) is 2.93. The fourth-order valence-electron chi connectivity index (χ4n) is 3.34. The van der Waals surface area contributed by atoms with Crippen molar-refractivity contribution in [2.75, 3.05) is 0 Å². The Kier molecular flexibility index (Phi) is 4.36. The van der Waals surface area contributed by atoms with Crippen LogP contribution in [0.25, 0.3) is 0 Å². The van der Waals surface area contributed by atoms with Crippen molar-refractivity contribution < 1.29 is 9.90 Å². The molecule has 0 saturated heterocycles. The SMILES string of the molecule is O=C(NC1CCC(O)CC1)NC1CCc2cc(Cl)ccc21. The van der Waals surface area contributed by atoms with Crippen molar-refractivity contribution in [1.82, 2.24) is 10.6 Å². The maximum absolute atomic E-state index is 12.1. The van der Waals surface area contributed by atoms with Gasteiger partial charge in [-0.25, -0.2) is 4.79 Å². The van der Waals surface area contributed by atoms with E-state index < -0.39 is 0 Å². The summed E-state index contributed by atoms with van der Waals surface area (Å²) >= 11 is 6.00. The summed E-state index contributed by atoms with van der Waals surface area (Å²) in [5.74, 6) is 0. The standard InChI is InChI=1S/C16H21ClN2O2/c17-11-2-7-14-10(9-11)1-8-15(14)19-16(21)18-12-3-5-13(20)6-4-12/h2,7,9,12-13,15,20H,1,3-6,8H2,(H2,18,19,21). The summed E-state index contributed by atoms with van der Waals surface area (Å²) in [6, 6.07) is 6.02. The average molecular weight is 309 g/mol. The Hall–Kier alpha value is -1.26. The molecule has 21 heavy (non-hydrogen) atoms. The zero-order chi connectivity index (χ0) is 14.8. The van der Waals surface area contributed by atoms with Gasteiger partial charge < -0.3 is 15.7 Å². The first-order valence-electron chi connectivity index (χ1n) is 7.65. The van der Waals surface area contributed by atoms with Gasteiger partial charge in [-0.1, -0.05) is 17.7 Å². The van der Waals surface area contributed by atoms with E-state index in [0.29, 0.717) is 0 Å². The van der Waals surface area contributed by atoms with Crippen molar-refractivity contribution in [3.8, 4) is 0 Å². The number of carbonyl (C=O) groups excluding carboxylic acids is 1. The molecule has 5 heteroatoms. The van der Waals surface area contributed by atoms with Gasteiger partial charge in [0.05, 0.1) is 12.1 Å². The number of rotatable bonds is 2. The first-order chi connectivity index (χ1) is 10.1. The quantitative estimate of drug-likeness (QED) is 0.786. The third-order valence-electron chi connectivity index (χ3n) is 4.52. The maximum Gasteiger partial charge on any atom is 0.315 e. The van der Waals surface area contributed by atoms with Gasteiger partial charge in [0, 0.05) is 11.1 Å². The number of carbonyl (C=O) groups is 1. The first kappa shape index (κ1) is 14.7. The molecule has 2 aliphatic carbocycles. The number of amides is 2. The van der Waals surface area contributed by atoms with Gasteiger partial charge in [-0.3, -0.25) is 0 Å². The molecule has 1 saturated carbocycles. The molecular formula is C16H21ClN2O2. The Morgan fingerprint density at radius 3 is 2.67 bits per heavy atom. The Morgan fingerprint density at radius 1 is 1.14 bits per heavy atom. The fourth-order valence-corrected chi connectivity index (χ4v) is 3.54. The lowest BCUT2D eigenvalue weighted by Gasteiger charge is -2.27. The van der Waals surface area contributed by atoms with Crippen LogP contribution in [-0.4, -0.2) is 23.3 Å². The van der Waals surface area contributed by atoms with Gasteiger partial charge in [0.2, 0.25) is 0 Å². The lowest BCUT2D eigenvalue weighted by atomic mass is 9.93. The molecule has 3 N–H and O–H groups in total. The summed E-state index contributed by atoms with van der Waals surface area (Å²) in [6.07, 6.45) is 4.93.